The number of pyridine rings is 1. The summed E-state index contributed by atoms with van der Waals surface area (Å²) in [5.41, 5.74) is 2.36. The van der Waals surface area contributed by atoms with Crippen molar-refractivity contribution in [2.24, 2.45) is 0 Å². The molecule has 0 saturated carbocycles. The third kappa shape index (κ3) is 2.31. The van der Waals surface area contributed by atoms with E-state index in [1.54, 1.807) is 17.7 Å². The SMILES string of the molecule is COc1cc(Br)cn2nc(C(=O)N3CCn4cccc4C3C)cc12. The molecule has 0 spiro atoms. The Morgan fingerprint density at radius 2 is 2.21 bits per heavy atom. The van der Waals surface area contributed by atoms with Gasteiger partial charge in [-0.1, -0.05) is 0 Å². The van der Waals surface area contributed by atoms with Gasteiger partial charge in [-0.15, -0.1) is 0 Å². The molecule has 1 amide bonds. The molecule has 0 aliphatic carbocycles. The number of fused-ring (bicyclic) bond motifs is 2. The molecule has 0 saturated heterocycles. The molecular weight excluding hydrogens is 372 g/mol. The topological polar surface area (TPSA) is 51.8 Å². The summed E-state index contributed by atoms with van der Waals surface area (Å²) in [6.45, 7) is 3.53. The minimum atomic E-state index is -0.0585. The summed E-state index contributed by atoms with van der Waals surface area (Å²) >= 11 is 3.43. The molecule has 0 radical (unpaired) electrons. The summed E-state index contributed by atoms with van der Waals surface area (Å²) < 4.78 is 10.1. The minimum absolute atomic E-state index is 0.0275. The van der Waals surface area contributed by atoms with Crippen LogP contribution in [0.15, 0.2) is 41.1 Å². The maximum atomic E-state index is 13.0. The second kappa shape index (κ2) is 5.66. The molecule has 0 aromatic carbocycles. The van der Waals surface area contributed by atoms with Crippen molar-refractivity contribution in [2.75, 3.05) is 13.7 Å². The zero-order valence-corrected chi connectivity index (χ0v) is 15.0. The van der Waals surface area contributed by atoms with Gasteiger partial charge in [0.2, 0.25) is 0 Å². The van der Waals surface area contributed by atoms with Crippen molar-refractivity contribution < 1.29 is 9.53 Å². The van der Waals surface area contributed by atoms with Gasteiger partial charge in [-0.25, -0.2) is 4.52 Å². The van der Waals surface area contributed by atoms with Crippen LogP contribution in [0.2, 0.25) is 0 Å². The zero-order valence-electron chi connectivity index (χ0n) is 13.4. The summed E-state index contributed by atoms with van der Waals surface area (Å²) in [4.78, 5) is 14.9. The number of amides is 1. The van der Waals surface area contributed by atoms with Gasteiger partial charge in [0.15, 0.2) is 5.69 Å². The monoisotopic (exact) mass is 388 g/mol. The van der Waals surface area contributed by atoms with Crippen molar-refractivity contribution >= 4 is 27.4 Å². The predicted octanol–water partition coefficient (Wildman–Crippen LogP) is 3.12. The number of carbonyl (C=O) groups is 1. The Kier molecular flexibility index (Phi) is 3.60. The van der Waals surface area contributed by atoms with Crippen LogP contribution >= 0.6 is 15.9 Å². The first-order valence-electron chi connectivity index (χ1n) is 7.77. The highest BCUT2D eigenvalue weighted by Crippen LogP contribution is 2.29. The number of nitrogens with zero attached hydrogens (tertiary/aromatic N) is 4. The number of rotatable bonds is 2. The van der Waals surface area contributed by atoms with Gasteiger partial charge in [0.05, 0.1) is 13.2 Å². The lowest BCUT2D eigenvalue weighted by Crippen LogP contribution is -2.40. The Hall–Kier alpha value is -2.28. The fourth-order valence-corrected chi connectivity index (χ4v) is 3.70. The molecule has 0 bridgehead atoms. The molecule has 7 heteroatoms. The Bertz CT molecular complexity index is 930. The van der Waals surface area contributed by atoms with Crippen LogP contribution in [-0.4, -0.2) is 38.6 Å². The van der Waals surface area contributed by atoms with Gasteiger partial charge in [0, 0.05) is 41.7 Å². The smallest absolute Gasteiger partial charge is 0.275 e. The highest BCUT2D eigenvalue weighted by molar-refractivity contribution is 9.10. The van der Waals surface area contributed by atoms with Gasteiger partial charge in [-0.3, -0.25) is 4.79 Å². The molecule has 3 aromatic rings. The first kappa shape index (κ1) is 15.3. The molecule has 4 heterocycles. The maximum Gasteiger partial charge on any atom is 0.275 e. The van der Waals surface area contributed by atoms with Gasteiger partial charge in [0.25, 0.3) is 5.91 Å². The summed E-state index contributed by atoms with van der Waals surface area (Å²) in [6, 6.07) is 7.76. The van der Waals surface area contributed by atoms with E-state index in [9.17, 15) is 4.79 Å². The lowest BCUT2D eigenvalue weighted by atomic mass is 10.1. The van der Waals surface area contributed by atoms with Crippen molar-refractivity contribution in [2.45, 2.75) is 19.5 Å². The van der Waals surface area contributed by atoms with Crippen molar-refractivity contribution in [3.63, 3.8) is 0 Å². The molecule has 4 rings (SSSR count). The number of ether oxygens (including phenoxy) is 1. The summed E-state index contributed by atoms with van der Waals surface area (Å²) in [7, 11) is 1.61. The van der Waals surface area contributed by atoms with E-state index in [2.05, 4.69) is 44.8 Å². The van der Waals surface area contributed by atoms with Crippen LogP contribution < -0.4 is 4.74 Å². The molecule has 0 fully saturated rings. The van der Waals surface area contributed by atoms with Crippen LogP contribution in [0.25, 0.3) is 5.52 Å². The number of hydrogen-bond acceptors (Lipinski definition) is 3. The highest BCUT2D eigenvalue weighted by Gasteiger charge is 2.29. The maximum absolute atomic E-state index is 13.0. The molecule has 1 unspecified atom stereocenters. The zero-order chi connectivity index (χ0) is 16.8. The van der Waals surface area contributed by atoms with Gasteiger partial charge in [-0.05, 0) is 41.1 Å². The van der Waals surface area contributed by atoms with E-state index in [1.807, 2.05) is 23.2 Å². The van der Waals surface area contributed by atoms with Crippen molar-refractivity contribution in [1.82, 2.24) is 19.1 Å². The molecule has 124 valence electrons. The molecule has 3 aromatic heterocycles. The number of methoxy groups -OCH3 is 1. The Balaban J connectivity index is 1.71. The number of aromatic nitrogens is 3. The predicted molar refractivity (Wildman–Crippen MR) is 93.3 cm³/mol. The van der Waals surface area contributed by atoms with Crippen molar-refractivity contribution in [3.8, 4) is 5.75 Å². The fourth-order valence-electron chi connectivity index (χ4n) is 3.30. The summed E-state index contributed by atoms with van der Waals surface area (Å²) in [6.07, 6.45) is 3.88. The summed E-state index contributed by atoms with van der Waals surface area (Å²) in [5, 5.41) is 4.44. The van der Waals surface area contributed by atoms with Gasteiger partial charge in [0.1, 0.15) is 11.3 Å². The lowest BCUT2D eigenvalue weighted by molar-refractivity contribution is 0.0637. The van der Waals surface area contributed by atoms with Gasteiger partial charge >= 0.3 is 0 Å². The van der Waals surface area contributed by atoms with Crippen LogP contribution in [0.5, 0.6) is 5.75 Å². The molecule has 1 atom stereocenters. The minimum Gasteiger partial charge on any atom is -0.494 e. The summed E-state index contributed by atoms with van der Waals surface area (Å²) in [5.74, 6) is 0.619. The second-order valence-electron chi connectivity index (χ2n) is 5.89. The van der Waals surface area contributed by atoms with E-state index in [4.69, 9.17) is 4.74 Å². The van der Waals surface area contributed by atoms with Crippen molar-refractivity contribution in [1.29, 1.82) is 0 Å². The Morgan fingerprint density at radius 3 is 3.00 bits per heavy atom. The van der Waals surface area contributed by atoms with E-state index in [0.717, 1.165) is 22.2 Å². The third-order valence-corrected chi connectivity index (χ3v) is 4.98. The Labute approximate surface area is 147 Å². The first-order valence-corrected chi connectivity index (χ1v) is 8.56. The number of halogens is 1. The van der Waals surface area contributed by atoms with E-state index in [1.165, 1.54) is 0 Å². The van der Waals surface area contributed by atoms with Crippen LogP contribution in [0.3, 0.4) is 0 Å². The average Bonchev–Trinajstić information content (AvgIpc) is 3.20. The largest absolute Gasteiger partial charge is 0.494 e. The average molecular weight is 389 g/mol. The normalized spacial score (nSPS) is 17.1. The number of carbonyl (C=O) groups excluding carboxylic acids is 1. The second-order valence-corrected chi connectivity index (χ2v) is 6.80. The highest BCUT2D eigenvalue weighted by atomic mass is 79.9. The molecule has 1 aliphatic heterocycles. The number of hydrogen-bond donors (Lipinski definition) is 0. The Morgan fingerprint density at radius 1 is 1.38 bits per heavy atom. The van der Waals surface area contributed by atoms with E-state index < -0.39 is 0 Å². The van der Waals surface area contributed by atoms with E-state index >= 15 is 0 Å². The molecule has 1 aliphatic rings. The molecule has 6 nitrogen and oxygen atoms in total. The van der Waals surface area contributed by atoms with Crippen LogP contribution in [-0.2, 0) is 6.54 Å². The van der Waals surface area contributed by atoms with E-state index in [-0.39, 0.29) is 11.9 Å². The third-order valence-electron chi connectivity index (χ3n) is 4.54. The van der Waals surface area contributed by atoms with Gasteiger partial charge < -0.3 is 14.2 Å². The van der Waals surface area contributed by atoms with Crippen LogP contribution in [0.1, 0.15) is 29.1 Å². The molecular formula is C17H17BrN4O2. The van der Waals surface area contributed by atoms with Crippen molar-refractivity contribution in [3.05, 3.63) is 52.5 Å². The molecule has 24 heavy (non-hydrogen) atoms. The van der Waals surface area contributed by atoms with E-state index in [0.29, 0.717) is 18.0 Å². The first-order chi connectivity index (χ1) is 11.6. The van der Waals surface area contributed by atoms with Crippen LogP contribution in [0.4, 0.5) is 0 Å². The molecule has 0 N–H and O–H groups in total. The fraction of sp³-hybridized carbons (Fsp3) is 0.294. The van der Waals surface area contributed by atoms with Crippen LogP contribution in [0, 0.1) is 0 Å². The lowest BCUT2D eigenvalue weighted by Gasteiger charge is -2.34. The standard InChI is InChI=1S/C17H17BrN4O2/c1-11-14-4-3-5-20(14)6-7-21(11)17(23)13-9-15-16(24-2)8-12(18)10-22(15)19-13/h3-5,8-11H,6-7H2,1-2H3. The van der Waals surface area contributed by atoms with Gasteiger partial charge in [-0.2, -0.15) is 5.10 Å². The quantitative estimate of drug-likeness (QED) is 0.677.